The largest absolute Gasteiger partial charge is 0.344 e. The Morgan fingerprint density at radius 3 is 3.08 bits per heavy atom. The third-order valence-electron chi connectivity index (χ3n) is 2.69. The number of nitrogens with zero attached hydrogens (tertiary/aromatic N) is 2. The molecular formula is C9H15N3. The summed E-state index contributed by atoms with van der Waals surface area (Å²) in [6.07, 6.45) is 6.75. The first-order valence-corrected chi connectivity index (χ1v) is 4.52. The molecule has 0 fully saturated rings. The van der Waals surface area contributed by atoms with Crippen molar-refractivity contribution >= 4 is 6.21 Å². The summed E-state index contributed by atoms with van der Waals surface area (Å²) in [6.45, 7) is 0. The molecule has 1 atom stereocenters. The van der Waals surface area contributed by atoms with Gasteiger partial charge in [-0.05, 0) is 31.3 Å². The van der Waals surface area contributed by atoms with E-state index in [2.05, 4.69) is 9.89 Å². The normalized spacial score (nSPS) is 29.2. The van der Waals surface area contributed by atoms with Crippen molar-refractivity contribution in [3.8, 4) is 0 Å². The molecule has 66 valence electrons. The number of hydrogen-bond donors (Lipinski definition) is 1. The summed E-state index contributed by atoms with van der Waals surface area (Å²) >= 11 is 0. The van der Waals surface area contributed by atoms with E-state index in [0.29, 0.717) is 0 Å². The van der Waals surface area contributed by atoms with Crippen molar-refractivity contribution in [1.29, 1.82) is 0 Å². The average Bonchev–Trinajstić information content (AvgIpc) is 2.12. The van der Waals surface area contributed by atoms with Crippen molar-refractivity contribution in [3.63, 3.8) is 0 Å². The Kier molecular flexibility index (Phi) is 1.89. The van der Waals surface area contributed by atoms with Crippen LogP contribution in [-0.2, 0) is 0 Å². The van der Waals surface area contributed by atoms with Crippen molar-refractivity contribution in [2.75, 3.05) is 7.05 Å². The monoisotopic (exact) mass is 165 g/mol. The summed E-state index contributed by atoms with van der Waals surface area (Å²) in [7, 11) is 2.03. The van der Waals surface area contributed by atoms with Gasteiger partial charge in [-0.2, -0.15) is 0 Å². The van der Waals surface area contributed by atoms with E-state index >= 15 is 0 Å². The molecule has 0 aromatic rings. The van der Waals surface area contributed by atoms with E-state index in [-0.39, 0.29) is 6.29 Å². The van der Waals surface area contributed by atoms with Crippen LogP contribution in [0.15, 0.2) is 16.3 Å². The summed E-state index contributed by atoms with van der Waals surface area (Å²) < 4.78 is 0. The van der Waals surface area contributed by atoms with Crippen LogP contribution in [0.1, 0.15) is 25.7 Å². The molecule has 0 radical (unpaired) electrons. The molecule has 1 aliphatic carbocycles. The molecule has 12 heavy (non-hydrogen) atoms. The van der Waals surface area contributed by atoms with Gasteiger partial charge in [0.15, 0.2) is 6.29 Å². The minimum Gasteiger partial charge on any atom is -0.344 e. The molecule has 3 nitrogen and oxygen atoms in total. The van der Waals surface area contributed by atoms with Gasteiger partial charge in [-0.1, -0.05) is 0 Å². The Morgan fingerprint density at radius 1 is 1.50 bits per heavy atom. The van der Waals surface area contributed by atoms with Crippen LogP contribution in [0.3, 0.4) is 0 Å². The highest BCUT2D eigenvalue weighted by Crippen LogP contribution is 2.28. The van der Waals surface area contributed by atoms with Gasteiger partial charge in [-0.25, -0.2) is 0 Å². The van der Waals surface area contributed by atoms with Gasteiger partial charge in [0, 0.05) is 19.0 Å². The van der Waals surface area contributed by atoms with Crippen molar-refractivity contribution in [2.45, 2.75) is 32.0 Å². The Balaban J connectivity index is 2.28. The molecule has 0 aromatic carbocycles. The molecule has 1 heterocycles. The van der Waals surface area contributed by atoms with Crippen LogP contribution in [-0.4, -0.2) is 24.5 Å². The zero-order valence-electron chi connectivity index (χ0n) is 7.45. The second-order valence-corrected chi connectivity index (χ2v) is 3.48. The highest BCUT2D eigenvalue weighted by Gasteiger charge is 2.21. The van der Waals surface area contributed by atoms with Crippen LogP contribution < -0.4 is 5.73 Å². The lowest BCUT2D eigenvalue weighted by Gasteiger charge is -2.33. The Bertz CT molecular complexity index is 242. The second kappa shape index (κ2) is 2.90. The Hall–Kier alpha value is -0.830. The Labute approximate surface area is 73.0 Å². The van der Waals surface area contributed by atoms with Crippen LogP contribution in [0.2, 0.25) is 0 Å². The van der Waals surface area contributed by atoms with E-state index in [1.165, 1.54) is 37.0 Å². The standard InChI is InChI=1S/C9H15N3/c1-12-8-5-3-2-4-7(8)6-11-9(12)10/h6,9H,2-5,10H2,1H3. The minimum absolute atomic E-state index is 0.151. The van der Waals surface area contributed by atoms with Crippen LogP contribution in [0.5, 0.6) is 0 Å². The fourth-order valence-electron chi connectivity index (χ4n) is 1.88. The van der Waals surface area contributed by atoms with Gasteiger partial charge in [-0.15, -0.1) is 0 Å². The molecule has 0 spiro atoms. The zero-order valence-corrected chi connectivity index (χ0v) is 7.45. The van der Waals surface area contributed by atoms with E-state index in [1.54, 1.807) is 0 Å². The highest BCUT2D eigenvalue weighted by atomic mass is 15.3. The number of nitrogens with two attached hydrogens (primary N) is 1. The minimum atomic E-state index is -0.151. The molecule has 2 rings (SSSR count). The summed E-state index contributed by atoms with van der Waals surface area (Å²) in [5, 5.41) is 0. The van der Waals surface area contributed by atoms with Crippen molar-refractivity contribution < 1.29 is 0 Å². The van der Waals surface area contributed by atoms with Crippen LogP contribution in [0, 0.1) is 0 Å². The maximum absolute atomic E-state index is 5.78. The van der Waals surface area contributed by atoms with E-state index < -0.39 is 0 Å². The number of allylic oxidation sites excluding steroid dienone is 2. The first-order valence-electron chi connectivity index (χ1n) is 4.52. The van der Waals surface area contributed by atoms with Gasteiger partial charge in [0.1, 0.15) is 0 Å². The number of rotatable bonds is 0. The maximum atomic E-state index is 5.78. The molecule has 0 saturated carbocycles. The van der Waals surface area contributed by atoms with E-state index in [1.807, 2.05) is 13.3 Å². The third kappa shape index (κ3) is 1.14. The summed E-state index contributed by atoms with van der Waals surface area (Å²) in [5.41, 5.74) is 8.58. The first kappa shape index (κ1) is 7.80. The van der Waals surface area contributed by atoms with Gasteiger partial charge in [-0.3, -0.25) is 10.7 Å². The van der Waals surface area contributed by atoms with Gasteiger partial charge in [0.25, 0.3) is 0 Å². The Morgan fingerprint density at radius 2 is 2.25 bits per heavy atom. The molecule has 0 bridgehead atoms. The lowest BCUT2D eigenvalue weighted by Crippen LogP contribution is -2.40. The van der Waals surface area contributed by atoms with Crippen LogP contribution in [0.4, 0.5) is 0 Å². The molecule has 1 aliphatic heterocycles. The molecule has 0 saturated heterocycles. The summed E-state index contributed by atoms with van der Waals surface area (Å²) in [5.74, 6) is 0. The molecule has 0 amide bonds. The zero-order chi connectivity index (χ0) is 8.55. The van der Waals surface area contributed by atoms with E-state index in [4.69, 9.17) is 5.73 Å². The van der Waals surface area contributed by atoms with Crippen molar-refractivity contribution in [1.82, 2.24) is 4.90 Å². The molecule has 2 aliphatic rings. The van der Waals surface area contributed by atoms with Gasteiger partial charge < -0.3 is 4.90 Å². The first-order chi connectivity index (χ1) is 5.79. The highest BCUT2D eigenvalue weighted by molar-refractivity contribution is 5.80. The van der Waals surface area contributed by atoms with Gasteiger partial charge in [0.05, 0.1) is 0 Å². The number of hydrogen-bond acceptors (Lipinski definition) is 3. The predicted molar refractivity (Wildman–Crippen MR) is 49.7 cm³/mol. The summed E-state index contributed by atoms with van der Waals surface area (Å²) in [4.78, 5) is 6.31. The van der Waals surface area contributed by atoms with Gasteiger partial charge in [0.2, 0.25) is 0 Å². The molecule has 2 N–H and O–H groups in total. The smallest absolute Gasteiger partial charge is 0.173 e. The van der Waals surface area contributed by atoms with Gasteiger partial charge >= 0.3 is 0 Å². The van der Waals surface area contributed by atoms with Crippen molar-refractivity contribution in [2.24, 2.45) is 10.7 Å². The lowest BCUT2D eigenvalue weighted by molar-refractivity contribution is 0.293. The summed E-state index contributed by atoms with van der Waals surface area (Å²) in [6, 6.07) is 0. The molecule has 3 heteroatoms. The van der Waals surface area contributed by atoms with E-state index in [9.17, 15) is 0 Å². The third-order valence-corrected chi connectivity index (χ3v) is 2.69. The molecule has 0 aromatic heterocycles. The lowest BCUT2D eigenvalue weighted by atomic mass is 9.95. The van der Waals surface area contributed by atoms with E-state index in [0.717, 1.165) is 0 Å². The fourth-order valence-corrected chi connectivity index (χ4v) is 1.88. The van der Waals surface area contributed by atoms with Crippen molar-refractivity contribution in [3.05, 3.63) is 11.3 Å². The quantitative estimate of drug-likeness (QED) is 0.583. The SMILES string of the molecule is CN1C2=C(C=NC1N)CCCC2. The van der Waals surface area contributed by atoms with Crippen LogP contribution >= 0.6 is 0 Å². The average molecular weight is 165 g/mol. The van der Waals surface area contributed by atoms with Crippen LogP contribution in [0.25, 0.3) is 0 Å². The molecular weight excluding hydrogens is 150 g/mol. The maximum Gasteiger partial charge on any atom is 0.173 e. The predicted octanol–water partition coefficient (Wildman–Crippen LogP) is 1.07. The molecule has 1 unspecified atom stereocenters. The second-order valence-electron chi connectivity index (χ2n) is 3.48. The fraction of sp³-hybridized carbons (Fsp3) is 0.667. The number of aliphatic imine (C=N–C) groups is 1. The topological polar surface area (TPSA) is 41.6 Å².